The lowest BCUT2D eigenvalue weighted by Gasteiger charge is -2.43. The lowest BCUT2D eigenvalue weighted by molar-refractivity contribution is 0.249. The quantitative estimate of drug-likeness (QED) is 0.411. The molecule has 1 aliphatic heterocycles. The van der Waals surface area contributed by atoms with E-state index >= 15 is 0 Å². The fourth-order valence-corrected chi connectivity index (χ4v) is 8.98. The topological polar surface area (TPSA) is 119 Å². The van der Waals surface area contributed by atoms with Crippen LogP contribution in [0.3, 0.4) is 0 Å². The third kappa shape index (κ3) is 2.40. The van der Waals surface area contributed by atoms with Gasteiger partial charge in [0, 0.05) is 16.5 Å². The number of rotatable bonds is 3. The first-order valence-corrected chi connectivity index (χ1v) is 13.8. The van der Waals surface area contributed by atoms with Crippen molar-refractivity contribution in [1.29, 1.82) is 0 Å². The van der Waals surface area contributed by atoms with Crippen LogP contribution in [0.2, 0.25) is 0 Å². The van der Waals surface area contributed by atoms with E-state index in [-0.39, 0.29) is 11.3 Å². The van der Waals surface area contributed by atoms with Crippen molar-refractivity contribution in [2.75, 3.05) is 11.1 Å². The van der Waals surface area contributed by atoms with Crippen molar-refractivity contribution in [1.82, 2.24) is 19.4 Å². The van der Waals surface area contributed by atoms with Gasteiger partial charge in [0.1, 0.15) is 0 Å². The van der Waals surface area contributed by atoms with E-state index in [4.69, 9.17) is 5.73 Å². The van der Waals surface area contributed by atoms with E-state index in [9.17, 15) is 8.42 Å². The first kappa shape index (κ1) is 19.3. The molecule has 34 heavy (non-hydrogen) atoms. The van der Waals surface area contributed by atoms with Gasteiger partial charge >= 0.3 is 0 Å². The van der Waals surface area contributed by atoms with E-state index in [0.717, 1.165) is 40.3 Å². The number of nitrogens with zero attached hydrogens (tertiary/aromatic N) is 3. The molecule has 0 amide bonds. The molecule has 0 radical (unpaired) electrons. The van der Waals surface area contributed by atoms with E-state index in [1.165, 1.54) is 34.5 Å². The van der Waals surface area contributed by atoms with Crippen molar-refractivity contribution in [2.24, 2.45) is 17.8 Å². The molecule has 2 aromatic carbocycles. The van der Waals surface area contributed by atoms with Gasteiger partial charge in [-0.3, -0.25) is 5.10 Å². The van der Waals surface area contributed by atoms with Crippen LogP contribution in [0.4, 0.5) is 11.5 Å². The highest BCUT2D eigenvalue weighted by Crippen LogP contribution is 2.64. The monoisotopic (exact) mass is 474 g/mol. The lowest BCUT2D eigenvalue weighted by atomic mass is 9.67. The number of benzene rings is 2. The number of nitrogens with one attached hydrogen (secondary N) is 2. The molecule has 2 bridgehead atoms. The SMILES string of the molecule is Nc1n[nH]c2ccc([C@@H]3Nc4ccc5c(cnn5S(=O)(=O)C5CC5)c4[C@H]4[C@@H]5CCC(C5)[C@H]43)cc12. The molecule has 4 aliphatic rings. The van der Waals surface area contributed by atoms with Crippen LogP contribution in [0.5, 0.6) is 0 Å². The second-order valence-corrected chi connectivity index (χ2v) is 12.7. The van der Waals surface area contributed by atoms with E-state index in [1.54, 1.807) is 6.20 Å². The Morgan fingerprint density at radius 1 is 1.03 bits per heavy atom. The molecule has 8 nitrogen and oxygen atoms in total. The summed E-state index contributed by atoms with van der Waals surface area (Å²) < 4.78 is 27.3. The lowest BCUT2D eigenvalue weighted by Crippen LogP contribution is -2.35. The highest BCUT2D eigenvalue weighted by atomic mass is 32.2. The molecule has 3 fully saturated rings. The number of hydrogen-bond donors (Lipinski definition) is 3. The highest BCUT2D eigenvalue weighted by Gasteiger charge is 2.54. The second-order valence-electron chi connectivity index (χ2n) is 10.7. The largest absolute Gasteiger partial charge is 0.382 e. The van der Waals surface area contributed by atoms with Gasteiger partial charge in [0.15, 0.2) is 5.82 Å². The van der Waals surface area contributed by atoms with Crippen molar-refractivity contribution < 1.29 is 8.42 Å². The molecule has 5 atom stereocenters. The number of H-pyrrole nitrogens is 1. The molecule has 4 aromatic rings. The molecule has 1 unspecified atom stereocenters. The number of aromatic nitrogens is 4. The minimum Gasteiger partial charge on any atom is -0.382 e. The zero-order chi connectivity index (χ0) is 22.8. The number of hydrogen-bond acceptors (Lipinski definition) is 6. The summed E-state index contributed by atoms with van der Waals surface area (Å²) in [5, 5.41) is 17.1. The summed E-state index contributed by atoms with van der Waals surface area (Å²) in [5.74, 6) is 2.70. The highest BCUT2D eigenvalue weighted by molar-refractivity contribution is 7.90. The summed E-state index contributed by atoms with van der Waals surface area (Å²) in [6, 6.07) is 10.6. The predicted molar refractivity (Wildman–Crippen MR) is 131 cm³/mol. The van der Waals surface area contributed by atoms with Gasteiger partial charge in [-0.05, 0) is 91.2 Å². The summed E-state index contributed by atoms with van der Waals surface area (Å²) >= 11 is 0. The summed E-state index contributed by atoms with van der Waals surface area (Å²) in [4.78, 5) is 0. The molecule has 3 heterocycles. The Labute approximate surface area is 196 Å². The predicted octanol–water partition coefficient (Wildman–Crippen LogP) is 4.13. The average Bonchev–Trinajstić information content (AvgIpc) is 3.18. The summed E-state index contributed by atoms with van der Waals surface area (Å²) in [6.07, 6.45) is 7.01. The van der Waals surface area contributed by atoms with Crippen LogP contribution < -0.4 is 11.1 Å². The Kier molecular flexibility index (Phi) is 3.58. The summed E-state index contributed by atoms with van der Waals surface area (Å²) in [6.45, 7) is 0. The van der Waals surface area contributed by atoms with Crippen molar-refractivity contribution in [2.45, 2.75) is 49.3 Å². The number of nitrogen functional groups attached to an aromatic ring is 1. The van der Waals surface area contributed by atoms with Crippen LogP contribution in [0.25, 0.3) is 21.8 Å². The fourth-order valence-electron chi connectivity index (χ4n) is 7.35. The molecule has 8 rings (SSSR count). The van der Waals surface area contributed by atoms with Gasteiger partial charge in [0.05, 0.1) is 28.5 Å². The van der Waals surface area contributed by atoms with Gasteiger partial charge < -0.3 is 11.1 Å². The van der Waals surface area contributed by atoms with Crippen LogP contribution in [0.1, 0.15) is 55.2 Å². The maximum Gasteiger partial charge on any atom is 0.257 e. The standard InChI is InChI=1S/C25H26N6O2S/c26-25-16-10-14(3-6-18(16)29-30-25)24-22-13-2-1-12(9-13)21(22)23-17-11-27-31(34(32,33)15-4-5-15)20(17)8-7-19(23)28-24/h3,6-8,10-13,15,21-22,24,28H,1-2,4-5,9H2,(H3,26,29,30)/t12-,13?,21+,22-,24+/m1/s1. The van der Waals surface area contributed by atoms with Gasteiger partial charge in [-0.1, -0.05) is 6.07 Å². The van der Waals surface area contributed by atoms with E-state index in [1.807, 2.05) is 6.07 Å². The smallest absolute Gasteiger partial charge is 0.257 e. The van der Waals surface area contributed by atoms with Crippen molar-refractivity contribution in [3.8, 4) is 0 Å². The molecule has 3 saturated carbocycles. The van der Waals surface area contributed by atoms with Gasteiger partial charge in [-0.2, -0.15) is 14.3 Å². The Hall–Kier alpha value is -3.07. The van der Waals surface area contributed by atoms with Crippen LogP contribution >= 0.6 is 0 Å². The van der Waals surface area contributed by atoms with Gasteiger partial charge in [0.25, 0.3) is 10.0 Å². The van der Waals surface area contributed by atoms with Gasteiger partial charge in [0.2, 0.25) is 0 Å². The molecule has 0 saturated heterocycles. The molecule has 4 N–H and O–H groups in total. The molecule has 174 valence electrons. The number of anilines is 2. The molecular weight excluding hydrogens is 448 g/mol. The Morgan fingerprint density at radius 3 is 2.74 bits per heavy atom. The number of aromatic amines is 1. The van der Waals surface area contributed by atoms with Crippen molar-refractivity contribution >= 4 is 43.3 Å². The van der Waals surface area contributed by atoms with Gasteiger partial charge in [-0.25, -0.2) is 8.42 Å². The average molecular weight is 475 g/mol. The van der Waals surface area contributed by atoms with E-state index in [2.05, 4.69) is 44.9 Å². The Morgan fingerprint density at radius 2 is 1.88 bits per heavy atom. The fraction of sp³-hybridized carbons (Fsp3) is 0.440. The Balaban J connectivity index is 1.31. The second kappa shape index (κ2) is 6.33. The van der Waals surface area contributed by atoms with Crippen LogP contribution in [-0.2, 0) is 10.0 Å². The van der Waals surface area contributed by atoms with Gasteiger partial charge in [-0.15, -0.1) is 0 Å². The van der Waals surface area contributed by atoms with Crippen LogP contribution in [0.15, 0.2) is 36.5 Å². The van der Waals surface area contributed by atoms with Crippen molar-refractivity contribution in [3.05, 3.63) is 47.7 Å². The van der Waals surface area contributed by atoms with Crippen LogP contribution in [0, 0.1) is 17.8 Å². The summed E-state index contributed by atoms with van der Waals surface area (Å²) in [7, 11) is -3.42. The number of nitrogens with two attached hydrogens (primary N) is 1. The zero-order valence-electron chi connectivity index (χ0n) is 18.6. The van der Waals surface area contributed by atoms with Crippen LogP contribution in [-0.4, -0.2) is 33.1 Å². The maximum atomic E-state index is 13.0. The maximum absolute atomic E-state index is 13.0. The zero-order valence-corrected chi connectivity index (χ0v) is 19.4. The molecule has 3 aliphatic carbocycles. The third-order valence-corrected chi connectivity index (χ3v) is 11.0. The minimum atomic E-state index is -3.42. The molecule has 9 heteroatoms. The summed E-state index contributed by atoms with van der Waals surface area (Å²) in [5.41, 5.74) is 11.4. The molecule has 2 aromatic heterocycles. The molecule has 0 spiro atoms. The van der Waals surface area contributed by atoms with E-state index in [0.29, 0.717) is 29.5 Å². The first-order valence-electron chi connectivity index (χ1n) is 12.3. The normalized spacial score (nSPS) is 29.9. The molecular formula is C25H26N6O2S. The minimum absolute atomic E-state index is 0.189. The van der Waals surface area contributed by atoms with Crippen molar-refractivity contribution in [3.63, 3.8) is 0 Å². The third-order valence-electron chi connectivity index (χ3n) is 8.93. The Bertz CT molecular complexity index is 1600. The first-order chi connectivity index (χ1) is 16.5. The number of fused-ring (bicyclic) bond motifs is 10. The van der Waals surface area contributed by atoms with E-state index < -0.39 is 10.0 Å².